The third-order valence-corrected chi connectivity index (χ3v) is 9.02. The van der Waals surface area contributed by atoms with Crippen molar-refractivity contribution >= 4 is 49.5 Å². The van der Waals surface area contributed by atoms with Gasteiger partial charge < -0.3 is 4.42 Å². The van der Waals surface area contributed by atoms with Crippen molar-refractivity contribution in [2.75, 3.05) is 0 Å². The third-order valence-electron chi connectivity index (χ3n) is 9.02. The Bertz CT molecular complexity index is 2780. The van der Waals surface area contributed by atoms with Crippen molar-refractivity contribution in [1.29, 1.82) is 0 Å². The predicted octanol–water partition coefficient (Wildman–Crippen LogP) is 10.4. The molecule has 48 heavy (non-hydrogen) atoms. The first-order valence-corrected chi connectivity index (χ1v) is 15.9. The van der Waals surface area contributed by atoms with Gasteiger partial charge in [-0.3, -0.25) is 4.40 Å². The Morgan fingerprint density at radius 2 is 1.00 bits per heavy atom. The lowest BCUT2D eigenvalue weighted by molar-refractivity contribution is 0.650. The van der Waals surface area contributed by atoms with Crippen LogP contribution in [0.5, 0.6) is 0 Å². The molecule has 6 nitrogen and oxygen atoms in total. The SMILES string of the molecule is c1ccc(-c2nc(-c3ccccc3)nc(-c3cccc(-c4ccc5oc6c(c5c4)c4ccccc4c4nc5ccccc5n46)c3)n2)cc1. The number of benzene rings is 6. The van der Waals surface area contributed by atoms with Crippen molar-refractivity contribution in [2.24, 2.45) is 0 Å². The second-order valence-electron chi connectivity index (χ2n) is 11.9. The lowest BCUT2D eigenvalue weighted by Crippen LogP contribution is -2.00. The number of aromatic nitrogens is 5. The topological polar surface area (TPSA) is 69.1 Å². The van der Waals surface area contributed by atoms with Crippen LogP contribution >= 0.6 is 0 Å². The van der Waals surface area contributed by atoms with Crippen molar-refractivity contribution in [3.63, 3.8) is 0 Å². The molecule has 10 aromatic rings. The lowest BCUT2D eigenvalue weighted by atomic mass is 9.99. The Balaban J connectivity index is 1.16. The number of para-hydroxylation sites is 2. The number of rotatable bonds is 4. The van der Waals surface area contributed by atoms with Crippen molar-refractivity contribution in [2.45, 2.75) is 0 Å². The van der Waals surface area contributed by atoms with E-state index in [1.165, 1.54) is 0 Å². The first-order valence-electron chi connectivity index (χ1n) is 15.9. The average molecular weight is 616 g/mol. The van der Waals surface area contributed by atoms with E-state index in [9.17, 15) is 0 Å². The second kappa shape index (κ2) is 10.4. The Kier molecular flexibility index (Phi) is 5.77. The zero-order chi connectivity index (χ0) is 31.6. The van der Waals surface area contributed by atoms with Gasteiger partial charge in [-0.25, -0.2) is 19.9 Å². The van der Waals surface area contributed by atoms with Crippen molar-refractivity contribution in [3.05, 3.63) is 152 Å². The number of hydrogen-bond donors (Lipinski definition) is 0. The summed E-state index contributed by atoms with van der Waals surface area (Å²) in [7, 11) is 0. The minimum atomic E-state index is 0.625. The molecule has 0 aliphatic heterocycles. The van der Waals surface area contributed by atoms with Gasteiger partial charge in [-0.2, -0.15) is 0 Å². The van der Waals surface area contributed by atoms with Crippen LogP contribution in [0.3, 0.4) is 0 Å². The maximum Gasteiger partial charge on any atom is 0.215 e. The Morgan fingerprint density at radius 1 is 0.417 bits per heavy atom. The number of pyridine rings is 1. The molecular formula is C42H25N5O. The molecule has 0 amide bonds. The standard InChI is InChI=1S/C42H25N5O/c1-3-12-26(13-4-1)38-44-39(27-14-5-2-6-15-27)46-40(45-38)30-17-11-16-28(24-30)29-22-23-36-33(25-29)37-31-18-7-8-19-32(31)41-43-34-20-9-10-21-35(34)47(41)42(37)48-36/h1-25H. The van der Waals surface area contributed by atoms with Gasteiger partial charge in [0, 0.05) is 27.5 Å². The summed E-state index contributed by atoms with van der Waals surface area (Å²) < 4.78 is 8.79. The Hall–Kier alpha value is -6.66. The third kappa shape index (κ3) is 4.13. The van der Waals surface area contributed by atoms with Gasteiger partial charge in [0.05, 0.1) is 16.4 Å². The van der Waals surface area contributed by atoms with Gasteiger partial charge in [0.2, 0.25) is 5.71 Å². The molecule has 0 aliphatic carbocycles. The number of fused-ring (bicyclic) bond motifs is 10. The van der Waals surface area contributed by atoms with E-state index in [-0.39, 0.29) is 0 Å². The van der Waals surface area contributed by atoms with Crippen LogP contribution in [0.15, 0.2) is 156 Å². The zero-order valence-electron chi connectivity index (χ0n) is 25.6. The number of hydrogen-bond acceptors (Lipinski definition) is 5. The van der Waals surface area contributed by atoms with Crippen LogP contribution in [-0.4, -0.2) is 24.3 Å². The number of furan rings is 1. The molecule has 0 saturated carbocycles. The number of imidazole rings is 1. The molecule has 4 aromatic heterocycles. The molecule has 224 valence electrons. The molecule has 0 aliphatic rings. The molecule has 0 saturated heterocycles. The van der Waals surface area contributed by atoms with E-state index in [1.807, 2.05) is 72.8 Å². The second-order valence-corrected chi connectivity index (χ2v) is 11.9. The van der Waals surface area contributed by atoms with Crippen LogP contribution in [0, 0.1) is 0 Å². The van der Waals surface area contributed by atoms with Gasteiger partial charge in [-0.05, 0) is 46.8 Å². The van der Waals surface area contributed by atoms with Crippen LogP contribution in [0.4, 0.5) is 0 Å². The van der Waals surface area contributed by atoms with Crippen LogP contribution < -0.4 is 0 Å². The van der Waals surface area contributed by atoms with E-state index in [0.717, 1.165) is 77.3 Å². The predicted molar refractivity (Wildman–Crippen MR) is 193 cm³/mol. The fourth-order valence-electron chi connectivity index (χ4n) is 6.77. The van der Waals surface area contributed by atoms with Crippen LogP contribution in [0.1, 0.15) is 0 Å². The lowest BCUT2D eigenvalue weighted by Gasteiger charge is -2.10. The van der Waals surface area contributed by atoms with Gasteiger partial charge in [0.15, 0.2) is 17.5 Å². The molecule has 0 fully saturated rings. The summed E-state index contributed by atoms with van der Waals surface area (Å²) in [4.78, 5) is 19.8. The molecule has 0 spiro atoms. The van der Waals surface area contributed by atoms with Crippen molar-refractivity contribution < 1.29 is 4.42 Å². The van der Waals surface area contributed by atoms with E-state index >= 15 is 0 Å². The molecule has 10 rings (SSSR count). The molecule has 4 heterocycles. The molecule has 6 heteroatoms. The van der Waals surface area contributed by atoms with Gasteiger partial charge in [-0.15, -0.1) is 0 Å². The minimum Gasteiger partial charge on any atom is -0.439 e. The first kappa shape index (κ1) is 26.5. The van der Waals surface area contributed by atoms with Crippen LogP contribution in [0.25, 0.3) is 94.8 Å². The smallest absolute Gasteiger partial charge is 0.215 e. The van der Waals surface area contributed by atoms with E-state index in [0.29, 0.717) is 17.5 Å². The molecule has 0 N–H and O–H groups in total. The summed E-state index contributed by atoms with van der Waals surface area (Å²) in [6.45, 7) is 0. The molecule has 6 aromatic carbocycles. The summed E-state index contributed by atoms with van der Waals surface area (Å²) in [6, 6.07) is 51.6. The van der Waals surface area contributed by atoms with Crippen molar-refractivity contribution in [3.8, 4) is 45.3 Å². The maximum atomic E-state index is 6.63. The van der Waals surface area contributed by atoms with Gasteiger partial charge in [0.1, 0.15) is 11.2 Å². The molecule has 0 bridgehead atoms. The Morgan fingerprint density at radius 3 is 1.75 bits per heavy atom. The summed E-state index contributed by atoms with van der Waals surface area (Å²) >= 11 is 0. The highest BCUT2D eigenvalue weighted by atomic mass is 16.3. The molecule has 0 atom stereocenters. The first-order chi connectivity index (χ1) is 23.8. The van der Waals surface area contributed by atoms with Crippen LogP contribution in [0.2, 0.25) is 0 Å². The van der Waals surface area contributed by atoms with E-state index in [2.05, 4.69) is 83.3 Å². The summed E-state index contributed by atoms with van der Waals surface area (Å²) in [5.74, 6) is 1.91. The highest BCUT2D eigenvalue weighted by Gasteiger charge is 2.20. The highest BCUT2D eigenvalue weighted by Crippen LogP contribution is 2.40. The fourth-order valence-corrected chi connectivity index (χ4v) is 6.77. The summed E-state index contributed by atoms with van der Waals surface area (Å²) in [5, 5.41) is 4.34. The summed E-state index contributed by atoms with van der Waals surface area (Å²) in [6.07, 6.45) is 0. The monoisotopic (exact) mass is 615 g/mol. The van der Waals surface area contributed by atoms with Gasteiger partial charge in [-0.1, -0.05) is 121 Å². The fraction of sp³-hybridized carbons (Fsp3) is 0. The largest absolute Gasteiger partial charge is 0.439 e. The van der Waals surface area contributed by atoms with Crippen molar-refractivity contribution in [1.82, 2.24) is 24.3 Å². The highest BCUT2D eigenvalue weighted by molar-refractivity contribution is 6.22. The quantitative estimate of drug-likeness (QED) is 0.197. The summed E-state index contributed by atoms with van der Waals surface area (Å²) in [5.41, 5.74) is 9.43. The molecule has 0 radical (unpaired) electrons. The van der Waals surface area contributed by atoms with Gasteiger partial charge >= 0.3 is 0 Å². The zero-order valence-corrected chi connectivity index (χ0v) is 25.6. The Labute approximate surface area is 274 Å². The maximum absolute atomic E-state index is 6.63. The van der Waals surface area contributed by atoms with E-state index in [1.54, 1.807) is 0 Å². The minimum absolute atomic E-state index is 0.625. The normalized spacial score (nSPS) is 11.8. The van der Waals surface area contributed by atoms with Crippen LogP contribution in [-0.2, 0) is 0 Å². The molecule has 0 unspecified atom stereocenters. The van der Waals surface area contributed by atoms with Gasteiger partial charge in [0.25, 0.3) is 0 Å². The average Bonchev–Trinajstić information content (AvgIpc) is 3.74. The van der Waals surface area contributed by atoms with E-state index < -0.39 is 0 Å². The number of nitrogens with zero attached hydrogens (tertiary/aromatic N) is 5. The molecular weight excluding hydrogens is 590 g/mol. The van der Waals surface area contributed by atoms with E-state index in [4.69, 9.17) is 24.4 Å².